The summed E-state index contributed by atoms with van der Waals surface area (Å²) in [5, 5.41) is 19.5. The number of halogens is 3. The lowest BCUT2D eigenvalue weighted by Crippen LogP contribution is -2.54. The smallest absolute Gasteiger partial charge is 0.390 e. The van der Waals surface area contributed by atoms with Crippen molar-refractivity contribution in [2.45, 2.75) is 56.2 Å². The quantitative estimate of drug-likeness (QED) is 0.869. The lowest BCUT2D eigenvalue weighted by Gasteiger charge is -2.46. The van der Waals surface area contributed by atoms with Gasteiger partial charge in [0.1, 0.15) is 6.10 Å². The maximum atomic E-state index is 12.5. The first kappa shape index (κ1) is 18.6. The number of aliphatic hydroxyl groups is 2. The van der Waals surface area contributed by atoms with Gasteiger partial charge in [-0.25, -0.2) is 0 Å². The molecular formula is C18H24F3NO3. The molecule has 140 valence electrons. The van der Waals surface area contributed by atoms with Crippen LogP contribution in [0.15, 0.2) is 24.3 Å². The molecule has 2 N–H and O–H groups in total. The lowest BCUT2D eigenvalue weighted by atomic mass is 9.82. The molecule has 0 saturated carbocycles. The normalized spacial score (nSPS) is 27.6. The van der Waals surface area contributed by atoms with Crippen LogP contribution in [0.3, 0.4) is 0 Å². The first-order valence-corrected chi connectivity index (χ1v) is 8.62. The first-order valence-electron chi connectivity index (χ1n) is 8.62. The number of hydrogen-bond donors (Lipinski definition) is 2. The van der Waals surface area contributed by atoms with Crippen LogP contribution >= 0.6 is 0 Å². The van der Waals surface area contributed by atoms with E-state index in [2.05, 4.69) is 4.90 Å². The molecule has 2 saturated heterocycles. The highest BCUT2D eigenvalue weighted by Gasteiger charge is 2.42. The van der Waals surface area contributed by atoms with Crippen molar-refractivity contribution in [3.63, 3.8) is 0 Å². The largest absolute Gasteiger partial charge is 0.393 e. The van der Waals surface area contributed by atoms with Gasteiger partial charge in [-0.2, -0.15) is 13.2 Å². The van der Waals surface area contributed by atoms with Gasteiger partial charge in [0.15, 0.2) is 0 Å². The van der Waals surface area contributed by atoms with Gasteiger partial charge in [-0.05, 0) is 24.0 Å². The van der Waals surface area contributed by atoms with E-state index in [0.29, 0.717) is 13.0 Å². The van der Waals surface area contributed by atoms with Gasteiger partial charge in [-0.1, -0.05) is 24.3 Å². The molecule has 4 nitrogen and oxygen atoms in total. The Morgan fingerprint density at radius 2 is 1.80 bits per heavy atom. The molecular weight excluding hydrogens is 335 g/mol. The zero-order chi connectivity index (χ0) is 18.1. The first-order chi connectivity index (χ1) is 11.7. The Kier molecular flexibility index (Phi) is 5.39. The summed E-state index contributed by atoms with van der Waals surface area (Å²) in [6.07, 6.45) is -4.74. The second kappa shape index (κ2) is 7.23. The number of rotatable bonds is 3. The molecule has 0 radical (unpaired) electrons. The molecule has 2 heterocycles. The summed E-state index contributed by atoms with van der Waals surface area (Å²) in [4.78, 5) is 2.19. The molecule has 2 aliphatic heterocycles. The van der Waals surface area contributed by atoms with Crippen molar-refractivity contribution in [2.75, 3.05) is 19.7 Å². The zero-order valence-electron chi connectivity index (χ0n) is 14.0. The van der Waals surface area contributed by atoms with Gasteiger partial charge in [0.05, 0.1) is 24.7 Å². The number of nitrogens with zero attached hydrogens (tertiary/aromatic N) is 1. The van der Waals surface area contributed by atoms with Crippen LogP contribution in [0.4, 0.5) is 13.2 Å². The predicted octanol–water partition coefficient (Wildman–Crippen LogP) is 2.27. The number of alkyl halides is 3. The van der Waals surface area contributed by atoms with Gasteiger partial charge in [0.25, 0.3) is 0 Å². The van der Waals surface area contributed by atoms with Crippen LogP contribution in [-0.2, 0) is 17.7 Å². The average Bonchev–Trinajstić information content (AvgIpc) is 2.53. The Hall–Kier alpha value is -1.15. The summed E-state index contributed by atoms with van der Waals surface area (Å²) in [7, 11) is 0. The van der Waals surface area contributed by atoms with E-state index in [0.717, 1.165) is 31.5 Å². The van der Waals surface area contributed by atoms with E-state index in [1.807, 2.05) is 6.07 Å². The molecule has 0 amide bonds. The molecule has 0 aliphatic carbocycles. The highest BCUT2D eigenvalue weighted by molar-refractivity contribution is 5.24. The third kappa shape index (κ3) is 4.94. The van der Waals surface area contributed by atoms with E-state index < -0.39 is 24.8 Å². The van der Waals surface area contributed by atoms with Crippen LogP contribution in [0.25, 0.3) is 0 Å². The van der Waals surface area contributed by atoms with Gasteiger partial charge < -0.3 is 14.9 Å². The van der Waals surface area contributed by atoms with E-state index in [-0.39, 0.29) is 17.8 Å². The molecule has 1 spiro atoms. The Morgan fingerprint density at radius 1 is 1.12 bits per heavy atom. The summed E-state index contributed by atoms with van der Waals surface area (Å²) >= 11 is 0. The Bertz CT molecular complexity index is 585. The van der Waals surface area contributed by atoms with Crippen molar-refractivity contribution in [1.29, 1.82) is 0 Å². The van der Waals surface area contributed by atoms with E-state index in [1.54, 1.807) is 12.1 Å². The summed E-state index contributed by atoms with van der Waals surface area (Å²) in [5.41, 5.74) is 0.775. The zero-order valence-corrected chi connectivity index (χ0v) is 14.0. The van der Waals surface area contributed by atoms with Crippen LogP contribution in [0.5, 0.6) is 0 Å². The van der Waals surface area contributed by atoms with Gasteiger partial charge >= 0.3 is 6.18 Å². The van der Waals surface area contributed by atoms with Gasteiger partial charge in [0, 0.05) is 26.1 Å². The molecule has 0 bridgehead atoms. The molecule has 3 rings (SSSR count). The molecule has 0 aromatic heterocycles. The van der Waals surface area contributed by atoms with E-state index in [1.165, 1.54) is 6.07 Å². The molecule has 2 aliphatic rings. The standard InChI is InChI=1S/C18H24F3NO3/c19-18(20,21)9-13-2-1-3-14(8-13)11-22-6-4-17(5-7-22)10-15(23)16(24)12-25-17/h1-3,8,15-16,23-24H,4-7,9-12H2/t15-,16+/m1/s1. The lowest BCUT2D eigenvalue weighted by molar-refractivity contribution is -0.188. The second-order valence-corrected chi connectivity index (χ2v) is 7.22. The minimum absolute atomic E-state index is 0.153. The number of hydrogen-bond acceptors (Lipinski definition) is 4. The fraction of sp³-hybridized carbons (Fsp3) is 0.667. The number of piperidine rings is 1. The van der Waals surface area contributed by atoms with Crippen LogP contribution in [-0.4, -0.2) is 58.8 Å². The van der Waals surface area contributed by atoms with Crippen molar-refractivity contribution in [3.05, 3.63) is 35.4 Å². The van der Waals surface area contributed by atoms with Gasteiger partial charge in [0.2, 0.25) is 0 Å². The van der Waals surface area contributed by atoms with Crippen LogP contribution in [0.1, 0.15) is 30.4 Å². The van der Waals surface area contributed by atoms with Crippen molar-refractivity contribution < 1.29 is 28.1 Å². The predicted molar refractivity (Wildman–Crippen MR) is 86.0 cm³/mol. The number of benzene rings is 1. The summed E-state index contributed by atoms with van der Waals surface area (Å²) in [6, 6.07) is 6.64. The fourth-order valence-electron chi connectivity index (χ4n) is 3.74. The molecule has 2 fully saturated rings. The van der Waals surface area contributed by atoms with Gasteiger partial charge in [-0.15, -0.1) is 0 Å². The van der Waals surface area contributed by atoms with Crippen LogP contribution in [0.2, 0.25) is 0 Å². The third-order valence-corrected chi connectivity index (χ3v) is 5.16. The van der Waals surface area contributed by atoms with Crippen molar-refractivity contribution >= 4 is 0 Å². The highest BCUT2D eigenvalue weighted by Crippen LogP contribution is 2.35. The topological polar surface area (TPSA) is 52.9 Å². The van der Waals surface area contributed by atoms with E-state index in [4.69, 9.17) is 4.74 Å². The Balaban J connectivity index is 1.55. The molecule has 0 unspecified atom stereocenters. The Labute approximate surface area is 145 Å². The van der Waals surface area contributed by atoms with Crippen LogP contribution < -0.4 is 0 Å². The van der Waals surface area contributed by atoms with E-state index >= 15 is 0 Å². The van der Waals surface area contributed by atoms with Crippen molar-refractivity contribution in [2.24, 2.45) is 0 Å². The number of likely N-dealkylation sites (tertiary alicyclic amines) is 1. The molecule has 25 heavy (non-hydrogen) atoms. The Morgan fingerprint density at radius 3 is 2.44 bits per heavy atom. The van der Waals surface area contributed by atoms with Crippen molar-refractivity contribution in [3.8, 4) is 0 Å². The third-order valence-electron chi connectivity index (χ3n) is 5.16. The minimum atomic E-state index is -4.19. The molecule has 1 aromatic rings. The molecule has 7 heteroatoms. The van der Waals surface area contributed by atoms with Crippen LogP contribution in [0, 0.1) is 0 Å². The summed E-state index contributed by atoms with van der Waals surface area (Å²) in [5.74, 6) is 0. The SMILES string of the molecule is O[C@@H]1CC2(CCN(Cc3cccc(CC(F)(F)F)c3)CC2)OC[C@@H]1O. The maximum absolute atomic E-state index is 12.5. The summed E-state index contributed by atoms with van der Waals surface area (Å²) < 4.78 is 43.4. The summed E-state index contributed by atoms with van der Waals surface area (Å²) in [6.45, 7) is 2.27. The van der Waals surface area contributed by atoms with E-state index in [9.17, 15) is 23.4 Å². The molecule has 1 aromatic carbocycles. The fourth-order valence-corrected chi connectivity index (χ4v) is 3.74. The average molecular weight is 359 g/mol. The minimum Gasteiger partial charge on any atom is -0.390 e. The van der Waals surface area contributed by atoms with Crippen molar-refractivity contribution in [1.82, 2.24) is 4.90 Å². The molecule has 2 atom stereocenters. The number of ether oxygens (including phenoxy) is 1. The highest BCUT2D eigenvalue weighted by atomic mass is 19.4. The second-order valence-electron chi connectivity index (χ2n) is 7.22. The number of aliphatic hydroxyl groups excluding tert-OH is 2. The van der Waals surface area contributed by atoms with Gasteiger partial charge in [-0.3, -0.25) is 4.90 Å². The maximum Gasteiger partial charge on any atom is 0.393 e. The monoisotopic (exact) mass is 359 g/mol.